The summed E-state index contributed by atoms with van der Waals surface area (Å²) in [6.45, 7) is 8.27. The predicted octanol–water partition coefficient (Wildman–Crippen LogP) is 1.56. The molecule has 0 amide bonds. The Labute approximate surface area is 67.4 Å². The van der Waals surface area contributed by atoms with Gasteiger partial charge in [0.2, 0.25) is 5.95 Å². The summed E-state index contributed by atoms with van der Waals surface area (Å²) in [5.41, 5.74) is 1.12. The number of hydrogen-bond acceptors (Lipinski definition) is 2. The third-order valence-electron chi connectivity index (χ3n) is 1.75. The zero-order chi connectivity index (χ0) is 8.27. The quantitative estimate of drug-likeness (QED) is 0.714. The van der Waals surface area contributed by atoms with E-state index >= 15 is 0 Å². The summed E-state index contributed by atoms with van der Waals surface area (Å²) < 4.78 is 0. The summed E-state index contributed by atoms with van der Waals surface area (Å²) in [4.78, 5) is 9.61. The van der Waals surface area contributed by atoms with E-state index in [4.69, 9.17) is 0 Å². The molecule has 1 aromatic rings. The van der Waals surface area contributed by atoms with Crippen molar-refractivity contribution >= 4 is 5.95 Å². The van der Waals surface area contributed by atoms with E-state index in [2.05, 4.69) is 28.7 Å². The van der Waals surface area contributed by atoms with E-state index in [0.29, 0.717) is 0 Å². The fourth-order valence-corrected chi connectivity index (χ4v) is 1.08. The van der Waals surface area contributed by atoms with Crippen molar-refractivity contribution in [3.63, 3.8) is 0 Å². The smallest absolute Gasteiger partial charge is 0.202 e. The maximum atomic E-state index is 4.23. The van der Waals surface area contributed by atoms with Crippen LogP contribution in [-0.2, 0) is 0 Å². The summed E-state index contributed by atoms with van der Waals surface area (Å²) in [6, 6.07) is 0. The van der Waals surface area contributed by atoms with Crippen LogP contribution >= 0.6 is 0 Å². The van der Waals surface area contributed by atoms with E-state index in [1.807, 2.05) is 13.1 Å². The van der Waals surface area contributed by atoms with Crippen LogP contribution in [0.4, 0.5) is 5.95 Å². The van der Waals surface area contributed by atoms with Crippen LogP contribution in [-0.4, -0.2) is 23.1 Å². The van der Waals surface area contributed by atoms with Gasteiger partial charge in [-0.3, -0.25) is 0 Å². The van der Waals surface area contributed by atoms with Crippen molar-refractivity contribution in [2.45, 2.75) is 20.8 Å². The molecule has 0 fully saturated rings. The number of anilines is 1. The van der Waals surface area contributed by atoms with Gasteiger partial charge < -0.3 is 9.88 Å². The summed E-state index contributed by atoms with van der Waals surface area (Å²) in [7, 11) is 0. The molecule has 0 aliphatic carbocycles. The summed E-state index contributed by atoms with van der Waals surface area (Å²) in [5.74, 6) is 0.979. The first-order valence-electron chi connectivity index (χ1n) is 4.04. The van der Waals surface area contributed by atoms with Crippen molar-refractivity contribution in [1.82, 2.24) is 9.97 Å². The van der Waals surface area contributed by atoms with Gasteiger partial charge in [0.25, 0.3) is 0 Å². The van der Waals surface area contributed by atoms with Crippen LogP contribution in [0.2, 0.25) is 0 Å². The molecule has 0 unspecified atom stereocenters. The van der Waals surface area contributed by atoms with Gasteiger partial charge in [-0.25, -0.2) is 4.98 Å². The first kappa shape index (κ1) is 8.11. The minimum Gasteiger partial charge on any atom is -0.343 e. The van der Waals surface area contributed by atoms with E-state index in [-0.39, 0.29) is 0 Å². The molecule has 0 radical (unpaired) electrons. The molecule has 1 heterocycles. The van der Waals surface area contributed by atoms with Crippen LogP contribution in [0.3, 0.4) is 0 Å². The molecule has 0 spiro atoms. The van der Waals surface area contributed by atoms with E-state index in [9.17, 15) is 0 Å². The molecule has 0 bridgehead atoms. The first-order valence-corrected chi connectivity index (χ1v) is 4.04. The van der Waals surface area contributed by atoms with E-state index in [1.165, 1.54) is 0 Å². The second-order valence-corrected chi connectivity index (χ2v) is 2.56. The van der Waals surface area contributed by atoms with Gasteiger partial charge in [0, 0.05) is 25.0 Å². The highest BCUT2D eigenvalue weighted by Gasteiger charge is 2.03. The van der Waals surface area contributed by atoms with Gasteiger partial charge in [-0.15, -0.1) is 0 Å². The fourth-order valence-electron chi connectivity index (χ4n) is 1.08. The first-order chi connectivity index (χ1) is 5.27. The molecule has 0 aliphatic heterocycles. The molecule has 0 saturated carbocycles. The van der Waals surface area contributed by atoms with Gasteiger partial charge in [-0.05, 0) is 20.8 Å². The Morgan fingerprint density at radius 2 is 2.09 bits per heavy atom. The Kier molecular flexibility index (Phi) is 2.52. The second-order valence-electron chi connectivity index (χ2n) is 2.56. The maximum Gasteiger partial charge on any atom is 0.202 e. The predicted molar refractivity (Wildman–Crippen MR) is 46.9 cm³/mol. The lowest BCUT2D eigenvalue weighted by molar-refractivity contribution is 0.831. The van der Waals surface area contributed by atoms with Crippen LogP contribution in [0.5, 0.6) is 0 Å². The third-order valence-corrected chi connectivity index (χ3v) is 1.75. The average Bonchev–Trinajstić information content (AvgIpc) is 2.39. The second kappa shape index (κ2) is 3.42. The minimum absolute atomic E-state index is 0.979. The van der Waals surface area contributed by atoms with E-state index in [0.717, 1.165) is 24.7 Å². The summed E-state index contributed by atoms with van der Waals surface area (Å²) in [5, 5.41) is 0. The van der Waals surface area contributed by atoms with Crippen LogP contribution < -0.4 is 4.90 Å². The Bertz CT molecular complexity index is 213. The molecule has 62 valence electrons. The van der Waals surface area contributed by atoms with Crippen molar-refractivity contribution in [2.75, 3.05) is 18.0 Å². The molecular formula is C8H15N3. The van der Waals surface area contributed by atoms with Gasteiger partial charge in [0.05, 0.1) is 0 Å². The lowest BCUT2D eigenvalue weighted by atomic mass is 10.5. The molecule has 3 heteroatoms. The monoisotopic (exact) mass is 153 g/mol. The molecule has 0 atom stereocenters. The highest BCUT2D eigenvalue weighted by Crippen LogP contribution is 2.06. The van der Waals surface area contributed by atoms with Gasteiger partial charge in [0.15, 0.2) is 0 Å². The Hall–Kier alpha value is -0.990. The minimum atomic E-state index is 0.979. The molecule has 0 aromatic carbocycles. The molecular weight excluding hydrogens is 138 g/mol. The van der Waals surface area contributed by atoms with E-state index < -0.39 is 0 Å². The normalized spacial score (nSPS) is 10.1. The van der Waals surface area contributed by atoms with Crippen molar-refractivity contribution in [3.8, 4) is 0 Å². The fraction of sp³-hybridized carbons (Fsp3) is 0.625. The Morgan fingerprint density at radius 3 is 2.45 bits per heavy atom. The molecule has 3 nitrogen and oxygen atoms in total. The SMILES string of the molecule is CCN(CC)c1ncc(C)[nH]1. The zero-order valence-corrected chi connectivity index (χ0v) is 7.39. The molecule has 1 aromatic heterocycles. The molecule has 1 N–H and O–H groups in total. The zero-order valence-electron chi connectivity index (χ0n) is 7.39. The van der Waals surface area contributed by atoms with Crippen LogP contribution in [0.25, 0.3) is 0 Å². The average molecular weight is 153 g/mol. The number of rotatable bonds is 3. The lowest BCUT2D eigenvalue weighted by Gasteiger charge is -2.16. The number of aromatic amines is 1. The maximum absolute atomic E-state index is 4.23. The molecule has 1 rings (SSSR count). The highest BCUT2D eigenvalue weighted by atomic mass is 15.2. The topological polar surface area (TPSA) is 31.9 Å². The largest absolute Gasteiger partial charge is 0.343 e. The van der Waals surface area contributed by atoms with Gasteiger partial charge >= 0.3 is 0 Å². The standard InChI is InChI=1S/C8H15N3/c1-4-11(5-2)8-9-6-7(3)10-8/h6H,4-5H2,1-3H3,(H,9,10). The van der Waals surface area contributed by atoms with Crippen LogP contribution in [0, 0.1) is 6.92 Å². The highest BCUT2D eigenvalue weighted by molar-refractivity contribution is 5.30. The van der Waals surface area contributed by atoms with Gasteiger partial charge in [-0.2, -0.15) is 0 Å². The van der Waals surface area contributed by atoms with Crippen LogP contribution in [0.1, 0.15) is 19.5 Å². The van der Waals surface area contributed by atoms with E-state index in [1.54, 1.807) is 0 Å². The molecule has 0 aliphatic rings. The number of aromatic nitrogens is 2. The number of nitrogens with zero attached hydrogens (tertiary/aromatic N) is 2. The van der Waals surface area contributed by atoms with Crippen molar-refractivity contribution in [3.05, 3.63) is 11.9 Å². The number of nitrogens with one attached hydrogen (secondary N) is 1. The lowest BCUT2D eigenvalue weighted by Crippen LogP contribution is -2.22. The van der Waals surface area contributed by atoms with Crippen molar-refractivity contribution in [2.24, 2.45) is 0 Å². The number of H-pyrrole nitrogens is 1. The number of aryl methyl sites for hydroxylation is 1. The van der Waals surface area contributed by atoms with Crippen LogP contribution in [0.15, 0.2) is 6.20 Å². The van der Waals surface area contributed by atoms with Gasteiger partial charge in [-0.1, -0.05) is 0 Å². The molecule has 0 saturated heterocycles. The number of hydrogen-bond donors (Lipinski definition) is 1. The molecule has 11 heavy (non-hydrogen) atoms. The summed E-state index contributed by atoms with van der Waals surface area (Å²) in [6.07, 6.45) is 1.85. The van der Waals surface area contributed by atoms with Crippen molar-refractivity contribution in [1.29, 1.82) is 0 Å². The number of imidazole rings is 1. The van der Waals surface area contributed by atoms with Crippen molar-refractivity contribution < 1.29 is 0 Å². The summed E-state index contributed by atoms with van der Waals surface area (Å²) >= 11 is 0. The third kappa shape index (κ3) is 1.73. The Balaban J connectivity index is 2.73. The Morgan fingerprint density at radius 1 is 1.45 bits per heavy atom. The van der Waals surface area contributed by atoms with Gasteiger partial charge in [0.1, 0.15) is 0 Å².